The minimum Gasteiger partial charge on any atom is -0.497 e. The third kappa shape index (κ3) is 3.16. The van der Waals surface area contributed by atoms with Crippen molar-refractivity contribution in [1.82, 2.24) is 5.01 Å². The van der Waals surface area contributed by atoms with Crippen LogP contribution in [-0.2, 0) is 0 Å². The number of piperidine rings is 1. The van der Waals surface area contributed by atoms with E-state index in [9.17, 15) is 0 Å². The summed E-state index contributed by atoms with van der Waals surface area (Å²) in [5, 5.41) is 7.50. The molecule has 1 saturated heterocycles. The van der Waals surface area contributed by atoms with Gasteiger partial charge in [-0.25, -0.2) is 5.01 Å². The van der Waals surface area contributed by atoms with Crippen LogP contribution >= 0.6 is 0 Å². The second-order valence-electron chi connectivity index (χ2n) is 9.24. The smallest absolute Gasteiger partial charge is 0.208 e. The predicted molar refractivity (Wildman–Crippen MR) is 118 cm³/mol. The van der Waals surface area contributed by atoms with E-state index in [4.69, 9.17) is 14.6 Å². The van der Waals surface area contributed by atoms with Crippen LogP contribution in [0.15, 0.2) is 47.6 Å². The standard InChI is InChI=1S/C25H31N3O2/c1-17(2)27-13-11-25(12-14-27)28-23(21-15-18(3)5-10-24(21)30-25)16-22(26-28)19-6-8-20(29-4)9-7-19/h5-10,15,17,23H,11-14,16H2,1-4H3/p+1/t23-/m1/s1. The van der Waals surface area contributed by atoms with Gasteiger partial charge in [-0.05, 0) is 56.7 Å². The van der Waals surface area contributed by atoms with Crippen molar-refractivity contribution in [2.75, 3.05) is 20.2 Å². The Morgan fingerprint density at radius 3 is 2.53 bits per heavy atom. The van der Waals surface area contributed by atoms with Crippen LogP contribution in [0.4, 0.5) is 0 Å². The number of ether oxygens (including phenoxy) is 2. The molecule has 5 rings (SSSR count). The quantitative estimate of drug-likeness (QED) is 0.850. The molecule has 5 heteroatoms. The highest BCUT2D eigenvalue weighted by Gasteiger charge is 2.53. The Balaban J connectivity index is 1.52. The van der Waals surface area contributed by atoms with E-state index in [1.54, 1.807) is 12.0 Å². The van der Waals surface area contributed by atoms with Crippen molar-refractivity contribution in [1.29, 1.82) is 0 Å². The molecule has 1 fully saturated rings. The monoisotopic (exact) mass is 406 g/mol. The molecule has 2 aromatic rings. The van der Waals surface area contributed by atoms with Crippen molar-refractivity contribution in [3.8, 4) is 11.5 Å². The maximum Gasteiger partial charge on any atom is 0.208 e. The third-order valence-electron chi connectivity index (χ3n) is 7.07. The number of hydrogen-bond acceptors (Lipinski definition) is 4. The number of fused-ring (bicyclic) bond motifs is 4. The SMILES string of the molecule is COc1ccc(C2=NN3[C@H](C2)c2cc(C)ccc2OC32CC[NH+](C(C)C)CC2)cc1. The largest absolute Gasteiger partial charge is 0.497 e. The van der Waals surface area contributed by atoms with E-state index in [1.165, 1.54) is 16.7 Å². The Hall–Kier alpha value is -2.53. The Morgan fingerprint density at radius 1 is 1.13 bits per heavy atom. The summed E-state index contributed by atoms with van der Waals surface area (Å²) in [5.41, 5.74) is 4.51. The van der Waals surface area contributed by atoms with Crippen LogP contribution in [0.3, 0.4) is 0 Å². The van der Waals surface area contributed by atoms with Gasteiger partial charge in [0.05, 0.1) is 50.8 Å². The van der Waals surface area contributed by atoms with Crippen molar-refractivity contribution in [3.63, 3.8) is 0 Å². The zero-order valence-corrected chi connectivity index (χ0v) is 18.4. The molecule has 3 aliphatic rings. The molecule has 1 N–H and O–H groups in total. The summed E-state index contributed by atoms with van der Waals surface area (Å²) in [6, 6.07) is 15.8. The number of aryl methyl sites for hydroxylation is 1. The molecule has 0 saturated carbocycles. The average molecular weight is 407 g/mol. The third-order valence-corrected chi connectivity index (χ3v) is 7.07. The number of rotatable bonds is 3. The van der Waals surface area contributed by atoms with Gasteiger partial charge in [0, 0.05) is 12.0 Å². The van der Waals surface area contributed by atoms with Crippen LogP contribution < -0.4 is 14.4 Å². The molecule has 0 amide bonds. The number of quaternary nitrogens is 1. The van der Waals surface area contributed by atoms with Crippen molar-refractivity contribution in [3.05, 3.63) is 59.2 Å². The Bertz CT molecular complexity index is 959. The van der Waals surface area contributed by atoms with Gasteiger partial charge in [0.1, 0.15) is 11.5 Å². The maximum atomic E-state index is 6.76. The minimum atomic E-state index is -0.334. The zero-order chi connectivity index (χ0) is 20.9. The number of likely N-dealkylation sites (tertiary alicyclic amines) is 1. The summed E-state index contributed by atoms with van der Waals surface area (Å²) in [6.07, 6.45) is 2.92. The van der Waals surface area contributed by atoms with Crippen LogP contribution in [0.2, 0.25) is 0 Å². The highest BCUT2D eigenvalue weighted by molar-refractivity contribution is 6.02. The van der Waals surface area contributed by atoms with Crippen LogP contribution in [0.25, 0.3) is 0 Å². The maximum absolute atomic E-state index is 6.76. The van der Waals surface area contributed by atoms with Gasteiger partial charge < -0.3 is 14.4 Å². The van der Waals surface area contributed by atoms with Crippen LogP contribution in [0.1, 0.15) is 55.8 Å². The van der Waals surface area contributed by atoms with Gasteiger partial charge in [0.2, 0.25) is 5.72 Å². The first-order valence-corrected chi connectivity index (χ1v) is 11.1. The minimum absolute atomic E-state index is 0.242. The number of nitrogens with zero attached hydrogens (tertiary/aromatic N) is 2. The molecular weight excluding hydrogens is 374 g/mol. The van der Waals surface area contributed by atoms with E-state index in [2.05, 4.69) is 56.1 Å². The molecular formula is C25H32N3O2+. The van der Waals surface area contributed by atoms with E-state index in [-0.39, 0.29) is 11.8 Å². The van der Waals surface area contributed by atoms with Gasteiger partial charge in [0.15, 0.2) is 0 Å². The summed E-state index contributed by atoms with van der Waals surface area (Å²) in [6.45, 7) is 9.02. The number of hydrazone groups is 1. The molecule has 3 aliphatic heterocycles. The first kappa shape index (κ1) is 19.4. The van der Waals surface area contributed by atoms with Gasteiger partial charge in [-0.2, -0.15) is 5.10 Å². The highest BCUT2D eigenvalue weighted by Crippen LogP contribution is 2.49. The normalized spacial score (nSPS) is 27.5. The molecule has 30 heavy (non-hydrogen) atoms. The molecule has 0 radical (unpaired) electrons. The number of methoxy groups -OCH3 is 1. The lowest BCUT2D eigenvalue weighted by molar-refractivity contribution is -0.929. The lowest BCUT2D eigenvalue weighted by Crippen LogP contribution is -3.16. The zero-order valence-electron chi connectivity index (χ0n) is 18.4. The summed E-state index contributed by atoms with van der Waals surface area (Å²) in [7, 11) is 1.70. The molecule has 0 aromatic heterocycles. The number of benzene rings is 2. The summed E-state index contributed by atoms with van der Waals surface area (Å²) < 4.78 is 12.1. The Kier molecular flexibility index (Phi) is 4.73. The molecule has 1 atom stereocenters. The summed E-state index contributed by atoms with van der Waals surface area (Å²) >= 11 is 0. The van der Waals surface area contributed by atoms with Gasteiger partial charge in [-0.15, -0.1) is 0 Å². The number of hydrogen-bond donors (Lipinski definition) is 1. The van der Waals surface area contributed by atoms with E-state index in [0.29, 0.717) is 6.04 Å². The summed E-state index contributed by atoms with van der Waals surface area (Å²) in [4.78, 5) is 1.66. The van der Waals surface area contributed by atoms with Gasteiger partial charge in [0.25, 0.3) is 0 Å². The fourth-order valence-corrected chi connectivity index (χ4v) is 5.23. The van der Waals surface area contributed by atoms with E-state index in [0.717, 1.165) is 49.6 Å². The molecule has 2 aromatic carbocycles. The van der Waals surface area contributed by atoms with Crippen molar-refractivity contribution in [2.45, 2.75) is 57.8 Å². The molecule has 158 valence electrons. The van der Waals surface area contributed by atoms with Crippen LogP contribution in [0, 0.1) is 6.92 Å². The van der Waals surface area contributed by atoms with Gasteiger partial charge in [-0.1, -0.05) is 17.7 Å². The predicted octanol–water partition coefficient (Wildman–Crippen LogP) is 3.33. The van der Waals surface area contributed by atoms with Gasteiger partial charge >= 0.3 is 0 Å². The molecule has 0 aliphatic carbocycles. The van der Waals surface area contributed by atoms with E-state index < -0.39 is 0 Å². The topological polar surface area (TPSA) is 38.5 Å². The van der Waals surface area contributed by atoms with Gasteiger partial charge in [-0.3, -0.25) is 0 Å². The Morgan fingerprint density at radius 2 is 1.87 bits per heavy atom. The number of nitrogens with one attached hydrogen (secondary N) is 1. The van der Waals surface area contributed by atoms with Crippen molar-refractivity contribution in [2.24, 2.45) is 5.10 Å². The highest BCUT2D eigenvalue weighted by atomic mass is 16.5. The van der Waals surface area contributed by atoms with Crippen molar-refractivity contribution < 1.29 is 14.4 Å². The molecule has 0 bridgehead atoms. The second kappa shape index (κ2) is 7.31. The van der Waals surface area contributed by atoms with Crippen molar-refractivity contribution >= 4 is 5.71 Å². The molecule has 5 nitrogen and oxygen atoms in total. The summed E-state index contributed by atoms with van der Waals surface area (Å²) in [5.74, 6) is 1.92. The van der Waals surface area contributed by atoms with E-state index in [1.807, 2.05) is 12.1 Å². The first-order valence-electron chi connectivity index (χ1n) is 11.1. The Labute approximate surface area is 179 Å². The fraction of sp³-hybridized carbons (Fsp3) is 0.480. The average Bonchev–Trinajstić information content (AvgIpc) is 3.22. The molecule has 1 spiro atoms. The lowest BCUT2D eigenvalue weighted by Gasteiger charge is -2.50. The van der Waals surface area contributed by atoms with Crippen LogP contribution in [0.5, 0.6) is 11.5 Å². The molecule has 3 heterocycles. The first-order chi connectivity index (χ1) is 14.5. The lowest BCUT2D eigenvalue weighted by atomic mass is 9.90. The molecule has 0 unspecified atom stereocenters. The second-order valence-corrected chi connectivity index (χ2v) is 9.24. The van der Waals surface area contributed by atoms with E-state index >= 15 is 0 Å². The fourth-order valence-electron chi connectivity index (χ4n) is 5.23. The van der Waals surface area contributed by atoms with Crippen LogP contribution in [-0.4, -0.2) is 42.7 Å².